The lowest BCUT2D eigenvalue weighted by Crippen LogP contribution is -2.46. The maximum atomic E-state index is 12.1. The summed E-state index contributed by atoms with van der Waals surface area (Å²) < 4.78 is 17.5. The van der Waals surface area contributed by atoms with Crippen LogP contribution in [-0.4, -0.2) is 41.6 Å². The van der Waals surface area contributed by atoms with Crippen LogP contribution in [0, 0.1) is 18.2 Å². The van der Waals surface area contributed by atoms with Gasteiger partial charge in [0.15, 0.2) is 6.61 Å². The zero-order valence-corrected chi connectivity index (χ0v) is 17.3. The average molecular weight is 422 g/mol. The van der Waals surface area contributed by atoms with Gasteiger partial charge in [0.05, 0.1) is 5.41 Å². The van der Waals surface area contributed by atoms with Crippen LogP contribution in [-0.2, 0) is 9.59 Å². The van der Waals surface area contributed by atoms with Crippen LogP contribution in [0.25, 0.3) is 0 Å². The fourth-order valence-corrected chi connectivity index (χ4v) is 2.89. The van der Waals surface area contributed by atoms with Gasteiger partial charge in [-0.2, -0.15) is 0 Å². The number of likely N-dealkylation sites (tertiary alicyclic amines) is 1. The van der Waals surface area contributed by atoms with Gasteiger partial charge < -0.3 is 14.7 Å². The molecule has 0 aromatic heterocycles. The van der Waals surface area contributed by atoms with Gasteiger partial charge in [-0.15, -0.1) is 0 Å². The van der Waals surface area contributed by atoms with Gasteiger partial charge in [-0.1, -0.05) is 29.3 Å². The van der Waals surface area contributed by atoms with Gasteiger partial charge >= 0.3 is 5.97 Å². The van der Waals surface area contributed by atoms with Gasteiger partial charge in [-0.25, -0.2) is 4.39 Å². The highest BCUT2D eigenvalue weighted by molar-refractivity contribution is 6.30. The second-order valence-electron chi connectivity index (χ2n) is 7.28. The van der Waals surface area contributed by atoms with E-state index in [2.05, 4.69) is 0 Å². The van der Waals surface area contributed by atoms with Crippen LogP contribution in [0.5, 0.6) is 5.75 Å². The molecule has 1 aliphatic heterocycles. The van der Waals surface area contributed by atoms with Gasteiger partial charge in [-0.3, -0.25) is 9.59 Å². The van der Waals surface area contributed by atoms with Crippen molar-refractivity contribution in [2.75, 3.05) is 19.7 Å². The number of piperidine rings is 1. The Labute approximate surface area is 175 Å². The predicted octanol–water partition coefficient (Wildman–Crippen LogP) is 4.57. The van der Waals surface area contributed by atoms with Crippen molar-refractivity contribution in [2.45, 2.75) is 26.7 Å². The molecule has 1 N–H and O–H groups in total. The minimum absolute atomic E-state index is 0.0502. The van der Waals surface area contributed by atoms with E-state index in [-0.39, 0.29) is 18.3 Å². The molecule has 1 saturated heterocycles. The van der Waals surface area contributed by atoms with Gasteiger partial charge in [0, 0.05) is 18.1 Å². The van der Waals surface area contributed by atoms with E-state index in [1.807, 2.05) is 6.92 Å². The Morgan fingerprint density at radius 1 is 1.10 bits per heavy atom. The summed E-state index contributed by atoms with van der Waals surface area (Å²) in [4.78, 5) is 24.9. The van der Waals surface area contributed by atoms with Crippen LogP contribution in [0.1, 0.15) is 25.3 Å². The Hall–Kier alpha value is -2.60. The number of hydrogen-bond acceptors (Lipinski definition) is 3. The molecule has 2 aromatic carbocycles. The van der Waals surface area contributed by atoms with Crippen molar-refractivity contribution in [3.05, 3.63) is 64.9 Å². The highest BCUT2D eigenvalue weighted by Crippen LogP contribution is 2.31. The van der Waals surface area contributed by atoms with E-state index in [9.17, 15) is 14.0 Å². The van der Waals surface area contributed by atoms with E-state index in [4.69, 9.17) is 21.4 Å². The maximum Gasteiger partial charge on any atom is 0.309 e. The first-order chi connectivity index (χ1) is 13.7. The predicted molar refractivity (Wildman–Crippen MR) is 110 cm³/mol. The summed E-state index contributed by atoms with van der Waals surface area (Å²) in [5.74, 6) is -0.514. The highest BCUT2D eigenvalue weighted by Gasteiger charge is 2.37. The third-order valence-electron chi connectivity index (χ3n) is 4.92. The molecule has 0 aliphatic carbocycles. The minimum Gasteiger partial charge on any atom is -0.484 e. The third-order valence-corrected chi connectivity index (χ3v) is 5.17. The van der Waals surface area contributed by atoms with Crippen LogP contribution >= 0.6 is 11.6 Å². The highest BCUT2D eigenvalue weighted by atomic mass is 35.5. The molecule has 3 rings (SSSR count). The fraction of sp³-hybridized carbons (Fsp3) is 0.364. The largest absolute Gasteiger partial charge is 0.484 e. The maximum absolute atomic E-state index is 12.1. The summed E-state index contributed by atoms with van der Waals surface area (Å²) in [6.45, 7) is 4.50. The summed E-state index contributed by atoms with van der Waals surface area (Å²) in [7, 11) is 0. The number of aliphatic carboxylic acids is 1. The molecule has 1 amide bonds. The van der Waals surface area contributed by atoms with Gasteiger partial charge in [0.2, 0.25) is 0 Å². The number of hydrogen-bond donors (Lipinski definition) is 1. The van der Waals surface area contributed by atoms with E-state index >= 15 is 0 Å². The molecule has 2 aromatic rings. The molecule has 0 atom stereocenters. The van der Waals surface area contributed by atoms with Crippen molar-refractivity contribution >= 4 is 23.5 Å². The SMILES string of the molecule is CC1(C(=O)O)CCN(C(=O)COc2ccc(Cl)cc2)CC1.Cc1ccc(F)cc1. The summed E-state index contributed by atoms with van der Waals surface area (Å²) in [6.07, 6.45) is 0.935. The van der Waals surface area contributed by atoms with Crippen molar-refractivity contribution in [1.82, 2.24) is 4.90 Å². The monoisotopic (exact) mass is 421 g/mol. The van der Waals surface area contributed by atoms with E-state index in [0.29, 0.717) is 36.7 Å². The molecule has 0 unspecified atom stereocenters. The lowest BCUT2D eigenvalue weighted by molar-refractivity contribution is -0.153. The summed E-state index contributed by atoms with van der Waals surface area (Å²) in [5.41, 5.74) is 0.361. The van der Waals surface area contributed by atoms with Crippen LogP contribution in [0.4, 0.5) is 4.39 Å². The Morgan fingerprint density at radius 3 is 2.14 bits per heavy atom. The van der Waals surface area contributed by atoms with Crippen LogP contribution in [0.3, 0.4) is 0 Å². The number of benzene rings is 2. The molecule has 1 aliphatic rings. The molecule has 0 spiro atoms. The smallest absolute Gasteiger partial charge is 0.309 e. The normalized spacial score (nSPS) is 15.1. The van der Waals surface area contributed by atoms with Crippen LogP contribution < -0.4 is 4.74 Å². The van der Waals surface area contributed by atoms with Crippen molar-refractivity contribution < 1.29 is 23.8 Å². The van der Waals surface area contributed by atoms with Crippen molar-refractivity contribution in [3.63, 3.8) is 0 Å². The number of nitrogens with zero attached hydrogens (tertiary/aromatic N) is 1. The zero-order chi connectivity index (χ0) is 21.4. The summed E-state index contributed by atoms with van der Waals surface area (Å²) in [5, 5.41) is 9.77. The molecule has 0 saturated carbocycles. The fourth-order valence-electron chi connectivity index (χ4n) is 2.76. The van der Waals surface area contributed by atoms with E-state index < -0.39 is 11.4 Å². The van der Waals surface area contributed by atoms with Gasteiger partial charge in [0.1, 0.15) is 11.6 Å². The second kappa shape index (κ2) is 10.3. The molecule has 1 heterocycles. The molecular weight excluding hydrogens is 397 g/mol. The second-order valence-corrected chi connectivity index (χ2v) is 7.72. The number of amides is 1. The Bertz CT molecular complexity index is 795. The van der Waals surface area contributed by atoms with E-state index in [1.54, 1.807) is 48.2 Å². The summed E-state index contributed by atoms with van der Waals surface area (Å²) >= 11 is 5.77. The van der Waals surface area contributed by atoms with Crippen molar-refractivity contribution in [2.24, 2.45) is 5.41 Å². The first-order valence-electron chi connectivity index (χ1n) is 9.31. The average Bonchev–Trinajstić information content (AvgIpc) is 2.70. The Kier molecular flexibility index (Phi) is 8.02. The van der Waals surface area contributed by atoms with Crippen molar-refractivity contribution in [3.8, 4) is 5.75 Å². The molecule has 29 heavy (non-hydrogen) atoms. The number of carbonyl (C=O) groups excluding carboxylic acids is 1. The Balaban J connectivity index is 0.000000313. The number of halogens is 2. The number of ether oxygens (including phenoxy) is 1. The lowest BCUT2D eigenvalue weighted by atomic mass is 9.80. The lowest BCUT2D eigenvalue weighted by Gasteiger charge is -2.36. The molecule has 156 valence electrons. The molecule has 0 radical (unpaired) electrons. The first-order valence-corrected chi connectivity index (χ1v) is 9.69. The summed E-state index contributed by atoms with van der Waals surface area (Å²) in [6, 6.07) is 13.2. The quantitative estimate of drug-likeness (QED) is 0.785. The van der Waals surface area contributed by atoms with Crippen molar-refractivity contribution in [1.29, 1.82) is 0 Å². The van der Waals surface area contributed by atoms with Gasteiger partial charge in [0.25, 0.3) is 5.91 Å². The van der Waals surface area contributed by atoms with E-state index in [0.717, 1.165) is 5.56 Å². The van der Waals surface area contributed by atoms with Crippen LogP contribution in [0.15, 0.2) is 48.5 Å². The van der Waals surface area contributed by atoms with Crippen LogP contribution in [0.2, 0.25) is 5.02 Å². The molecule has 5 nitrogen and oxygen atoms in total. The van der Waals surface area contributed by atoms with E-state index in [1.165, 1.54) is 12.1 Å². The molecule has 7 heteroatoms. The molecule has 0 bridgehead atoms. The third kappa shape index (κ3) is 7.06. The standard InChI is InChI=1S/C15H18ClNO4.C7H7F/c1-15(14(19)20)6-8-17(9-7-15)13(18)10-21-12-4-2-11(16)3-5-12;1-6-2-4-7(8)5-3-6/h2-5H,6-10H2,1H3,(H,19,20);2-5H,1H3. The molecular formula is C22H25ClFNO4. The Morgan fingerprint density at radius 2 is 1.66 bits per heavy atom. The minimum atomic E-state index is -0.799. The number of carboxylic acids is 1. The zero-order valence-electron chi connectivity index (χ0n) is 16.5. The topological polar surface area (TPSA) is 66.8 Å². The van der Waals surface area contributed by atoms with Gasteiger partial charge in [-0.05, 0) is 63.1 Å². The number of carbonyl (C=O) groups is 2. The first kappa shape index (κ1) is 22.7. The number of rotatable bonds is 4. The number of carboxylic acid groups (broad SMARTS) is 1. The number of aryl methyl sites for hydroxylation is 1. The molecule has 1 fully saturated rings.